The van der Waals surface area contributed by atoms with Crippen LogP contribution in [-0.2, 0) is 4.79 Å². The lowest BCUT2D eigenvalue weighted by Gasteiger charge is -2.15. The van der Waals surface area contributed by atoms with Gasteiger partial charge in [0, 0.05) is 33.4 Å². The predicted octanol–water partition coefficient (Wildman–Crippen LogP) is 4.31. The molecule has 0 saturated heterocycles. The highest BCUT2D eigenvalue weighted by Gasteiger charge is 2.18. The minimum atomic E-state index is -0.454. The molecular weight excluding hydrogens is 312 g/mol. The van der Waals surface area contributed by atoms with E-state index >= 15 is 0 Å². The van der Waals surface area contributed by atoms with Gasteiger partial charge >= 0.3 is 0 Å². The molecule has 0 saturated carbocycles. The lowest BCUT2D eigenvalue weighted by molar-refractivity contribution is -0.118. The molecule has 3 rings (SSSR count). The molecule has 0 aliphatic heterocycles. The summed E-state index contributed by atoms with van der Waals surface area (Å²) in [4.78, 5) is 23.7. The third kappa shape index (κ3) is 2.98. The summed E-state index contributed by atoms with van der Waals surface area (Å²) in [6.45, 7) is 1.80. The Morgan fingerprint density at radius 3 is 2.57 bits per heavy atom. The molecule has 0 spiro atoms. The number of para-hydroxylation sites is 1. The van der Waals surface area contributed by atoms with Gasteiger partial charge in [0.2, 0.25) is 5.91 Å². The smallest absolute Gasteiger partial charge is 0.247 e. The zero-order chi connectivity index (χ0) is 16.4. The number of rotatable bonds is 4. The monoisotopic (exact) mass is 326 g/mol. The molecule has 2 aromatic carbocycles. The van der Waals surface area contributed by atoms with Crippen LogP contribution in [0.3, 0.4) is 0 Å². The van der Waals surface area contributed by atoms with E-state index in [1.165, 1.54) is 0 Å². The summed E-state index contributed by atoms with van der Waals surface area (Å²) in [5.41, 5.74) is 2.11. The van der Waals surface area contributed by atoms with Crippen LogP contribution in [0.4, 0.5) is 5.69 Å². The van der Waals surface area contributed by atoms with Crippen molar-refractivity contribution < 1.29 is 9.59 Å². The highest BCUT2D eigenvalue weighted by molar-refractivity contribution is 6.30. The quantitative estimate of drug-likeness (QED) is 0.726. The number of benzene rings is 2. The standard InChI is InChI=1S/C18H15ClN2O2/c1-12(18(23)20-15-8-6-14(19)7-9-15)21-10-13(11-22)16-4-2-3-5-17(16)21/h2-12H,1H3,(H,20,23). The van der Waals surface area contributed by atoms with Crippen molar-refractivity contribution in [2.75, 3.05) is 5.32 Å². The van der Waals surface area contributed by atoms with Gasteiger partial charge in [0.05, 0.1) is 0 Å². The van der Waals surface area contributed by atoms with E-state index in [0.717, 1.165) is 17.2 Å². The molecule has 1 unspecified atom stereocenters. The van der Waals surface area contributed by atoms with Crippen LogP contribution in [0.25, 0.3) is 10.9 Å². The molecule has 23 heavy (non-hydrogen) atoms. The molecule has 1 atom stereocenters. The summed E-state index contributed by atoms with van der Waals surface area (Å²) in [6.07, 6.45) is 2.52. The topological polar surface area (TPSA) is 51.1 Å². The van der Waals surface area contributed by atoms with E-state index in [4.69, 9.17) is 11.6 Å². The first kappa shape index (κ1) is 15.3. The number of hydrogen-bond acceptors (Lipinski definition) is 2. The molecule has 0 aliphatic rings. The second-order valence-corrected chi connectivity index (χ2v) is 5.74. The first-order chi connectivity index (χ1) is 11.1. The number of anilines is 1. The van der Waals surface area contributed by atoms with Crippen molar-refractivity contribution in [3.05, 3.63) is 65.3 Å². The van der Waals surface area contributed by atoms with Gasteiger partial charge in [0.15, 0.2) is 6.29 Å². The molecular formula is C18H15ClN2O2. The highest BCUT2D eigenvalue weighted by Crippen LogP contribution is 2.24. The number of carbonyl (C=O) groups excluding carboxylic acids is 2. The first-order valence-electron chi connectivity index (χ1n) is 7.21. The number of carbonyl (C=O) groups is 2. The Labute approximate surface area is 138 Å². The predicted molar refractivity (Wildman–Crippen MR) is 92.1 cm³/mol. The second kappa shape index (κ2) is 6.26. The Kier molecular flexibility index (Phi) is 4.17. The van der Waals surface area contributed by atoms with Crippen molar-refractivity contribution in [1.82, 2.24) is 4.57 Å². The first-order valence-corrected chi connectivity index (χ1v) is 7.59. The van der Waals surface area contributed by atoms with Crippen LogP contribution in [0.15, 0.2) is 54.7 Å². The lowest BCUT2D eigenvalue weighted by Crippen LogP contribution is -2.23. The summed E-state index contributed by atoms with van der Waals surface area (Å²) in [7, 11) is 0. The molecule has 0 aliphatic carbocycles. The number of fused-ring (bicyclic) bond motifs is 1. The van der Waals surface area contributed by atoms with Crippen molar-refractivity contribution in [3.8, 4) is 0 Å². The summed E-state index contributed by atoms with van der Waals surface area (Å²) in [5, 5.41) is 4.31. The van der Waals surface area contributed by atoms with Crippen LogP contribution >= 0.6 is 11.6 Å². The number of aromatic nitrogens is 1. The molecule has 1 heterocycles. The second-order valence-electron chi connectivity index (χ2n) is 5.30. The Morgan fingerprint density at radius 2 is 1.87 bits per heavy atom. The third-order valence-electron chi connectivity index (χ3n) is 3.81. The zero-order valence-electron chi connectivity index (χ0n) is 12.5. The zero-order valence-corrected chi connectivity index (χ0v) is 13.2. The summed E-state index contributed by atoms with van der Waals surface area (Å²) >= 11 is 5.84. The molecule has 1 amide bonds. The van der Waals surface area contributed by atoms with Crippen LogP contribution in [0.2, 0.25) is 5.02 Å². The van der Waals surface area contributed by atoms with Crippen molar-refractivity contribution in [1.29, 1.82) is 0 Å². The maximum Gasteiger partial charge on any atom is 0.247 e. The average molecular weight is 327 g/mol. The largest absolute Gasteiger partial charge is 0.335 e. The number of nitrogens with one attached hydrogen (secondary N) is 1. The van der Waals surface area contributed by atoms with Gasteiger partial charge in [-0.05, 0) is 37.3 Å². The van der Waals surface area contributed by atoms with E-state index < -0.39 is 6.04 Å². The summed E-state index contributed by atoms with van der Waals surface area (Å²) < 4.78 is 1.81. The Bertz CT molecular complexity index is 868. The van der Waals surface area contributed by atoms with Crippen LogP contribution in [0.1, 0.15) is 23.3 Å². The van der Waals surface area contributed by atoms with E-state index in [0.29, 0.717) is 16.3 Å². The van der Waals surface area contributed by atoms with Gasteiger partial charge in [-0.1, -0.05) is 29.8 Å². The van der Waals surface area contributed by atoms with Crippen molar-refractivity contribution in [2.24, 2.45) is 0 Å². The molecule has 4 nitrogen and oxygen atoms in total. The van der Waals surface area contributed by atoms with Gasteiger partial charge in [0.25, 0.3) is 0 Å². The minimum Gasteiger partial charge on any atom is -0.335 e. The van der Waals surface area contributed by atoms with Gasteiger partial charge in [-0.3, -0.25) is 9.59 Å². The van der Waals surface area contributed by atoms with Crippen molar-refractivity contribution in [3.63, 3.8) is 0 Å². The Hall–Kier alpha value is -2.59. The number of aldehydes is 1. The number of halogens is 1. The fourth-order valence-corrected chi connectivity index (χ4v) is 2.68. The Balaban J connectivity index is 1.90. The normalized spacial score (nSPS) is 12.1. The van der Waals surface area contributed by atoms with E-state index in [1.807, 2.05) is 28.8 Å². The Morgan fingerprint density at radius 1 is 1.17 bits per heavy atom. The van der Waals surface area contributed by atoms with E-state index in [-0.39, 0.29) is 5.91 Å². The van der Waals surface area contributed by atoms with Gasteiger partial charge in [-0.15, -0.1) is 0 Å². The SMILES string of the molecule is CC(C(=O)Nc1ccc(Cl)cc1)n1cc(C=O)c2ccccc21. The van der Waals surface area contributed by atoms with Gasteiger partial charge in [0.1, 0.15) is 6.04 Å². The van der Waals surface area contributed by atoms with Crippen LogP contribution in [0.5, 0.6) is 0 Å². The molecule has 3 aromatic rings. The van der Waals surface area contributed by atoms with Gasteiger partial charge in [-0.25, -0.2) is 0 Å². The van der Waals surface area contributed by atoms with Gasteiger partial charge < -0.3 is 9.88 Å². The molecule has 0 radical (unpaired) electrons. The van der Waals surface area contributed by atoms with E-state index in [1.54, 1.807) is 37.4 Å². The van der Waals surface area contributed by atoms with E-state index in [9.17, 15) is 9.59 Å². The molecule has 0 fully saturated rings. The molecule has 1 N–H and O–H groups in total. The summed E-state index contributed by atoms with van der Waals surface area (Å²) in [6, 6.07) is 14.0. The molecule has 0 bridgehead atoms. The lowest BCUT2D eigenvalue weighted by atomic mass is 10.2. The fraction of sp³-hybridized carbons (Fsp3) is 0.111. The molecule has 1 aromatic heterocycles. The third-order valence-corrected chi connectivity index (χ3v) is 4.06. The minimum absolute atomic E-state index is 0.162. The summed E-state index contributed by atoms with van der Waals surface area (Å²) in [5.74, 6) is -0.162. The van der Waals surface area contributed by atoms with E-state index in [2.05, 4.69) is 5.32 Å². The maximum absolute atomic E-state index is 12.5. The van der Waals surface area contributed by atoms with Crippen LogP contribution < -0.4 is 5.32 Å². The molecule has 5 heteroatoms. The molecule has 116 valence electrons. The van der Waals surface area contributed by atoms with Crippen molar-refractivity contribution >= 4 is 40.4 Å². The highest BCUT2D eigenvalue weighted by atomic mass is 35.5. The van der Waals surface area contributed by atoms with Crippen molar-refractivity contribution in [2.45, 2.75) is 13.0 Å². The fourth-order valence-electron chi connectivity index (χ4n) is 2.55. The van der Waals surface area contributed by atoms with Crippen LogP contribution in [0, 0.1) is 0 Å². The average Bonchev–Trinajstić information content (AvgIpc) is 2.95. The van der Waals surface area contributed by atoms with Gasteiger partial charge in [-0.2, -0.15) is 0 Å². The number of nitrogens with zero attached hydrogens (tertiary/aromatic N) is 1. The number of hydrogen-bond donors (Lipinski definition) is 1. The number of amides is 1. The van der Waals surface area contributed by atoms with Crippen LogP contribution in [-0.4, -0.2) is 16.8 Å². The maximum atomic E-state index is 12.5.